The maximum Gasteiger partial charge on any atom is 0.0761 e. The number of aromatic nitrogens is 1. The molecule has 72 valence electrons. The number of pyridine rings is 1. The SMILES string of the molecule is CCC(OC)C(N)c1cccnc1. The lowest BCUT2D eigenvalue weighted by atomic mass is 10.0. The zero-order chi connectivity index (χ0) is 9.68. The van der Waals surface area contributed by atoms with Crippen molar-refractivity contribution in [3.8, 4) is 0 Å². The van der Waals surface area contributed by atoms with E-state index in [1.54, 1.807) is 19.5 Å². The number of nitrogens with zero attached hydrogens (tertiary/aromatic N) is 1. The molecule has 3 heteroatoms. The first-order valence-corrected chi connectivity index (χ1v) is 4.48. The lowest BCUT2D eigenvalue weighted by Gasteiger charge is -2.20. The normalized spacial score (nSPS) is 15.3. The van der Waals surface area contributed by atoms with Crippen LogP contribution >= 0.6 is 0 Å². The molecule has 0 fully saturated rings. The molecule has 1 aromatic rings. The molecule has 2 atom stereocenters. The predicted molar refractivity (Wildman–Crippen MR) is 52.3 cm³/mol. The second kappa shape index (κ2) is 4.94. The summed E-state index contributed by atoms with van der Waals surface area (Å²) in [5.74, 6) is 0. The molecule has 1 rings (SSSR count). The molecule has 3 nitrogen and oxygen atoms in total. The molecular weight excluding hydrogens is 164 g/mol. The Hall–Kier alpha value is -0.930. The van der Waals surface area contributed by atoms with Crippen molar-refractivity contribution in [1.29, 1.82) is 0 Å². The highest BCUT2D eigenvalue weighted by Crippen LogP contribution is 2.16. The van der Waals surface area contributed by atoms with E-state index in [2.05, 4.69) is 11.9 Å². The molecule has 0 radical (unpaired) electrons. The highest BCUT2D eigenvalue weighted by molar-refractivity contribution is 5.14. The Kier molecular flexibility index (Phi) is 3.86. The predicted octanol–water partition coefficient (Wildman–Crippen LogP) is 1.51. The van der Waals surface area contributed by atoms with Crippen LogP contribution in [0.25, 0.3) is 0 Å². The van der Waals surface area contributed by atoms with E-state index in [1.165, 1.54) is 0 Å². The van der Waals surface area contributed by atoms with Gasteiger partial charge in [0.15, 0.2) is 0 Å². The molecule has 1 heterocycles. The Morgan fingerprint density at radius 3 is 2.85 bits per heavy atom. The molecule has 1 aromatic heterocycles. The molecular formula is C10H16N2O. The van der Waals surface area contributed by atoms with Crippen LogP contribution in [0.4, 0.5) is 0 Å². The first kappa shape index (κ1) is 10.2. The summed E-state index contributed by atoms with van der Waals surface area (Å²) in [6.07, 6.45) is 4.51. The molecule has 0 bridgehead atoms. The Labute approximate surface area is 78.9 Å². The Balaban J connectivity index is 2.72. The summed E-state index contributed by atoms with van der Waals surface area (Å²) in [6.45, 7) is 2.06. The zero-order valence-corrected chi connectivity index (χ0v) is 8.10. The van der Waals surface area contributed by atoms with Crippen LogP contribution in [0.3, 0.4) is 0 Å². The van der Waals surface area contributed by atoms with Crippen molar-refractivity contribution in [3.05, 3.63) is 30.1 Å². The maximum atomic E-state index is 6.00. The van der Waals surface area contributed by atoms with Gasteiger partial charge in [0, 0.05) is 19.5 Å². The van der Waals surface area contributed by atoms with Crippen molar-refractivity contribution < 1.29 is 4.74 Å². The lowest BCUT2D eigenvalue weighted by molar-refractivity contribution is 0.0771. The number of rotatable bonds is 4. The second-order valence-electron chi connectivity index (χ2n) is 2.99. The molecule has 2 N–H and O–H groups in total. The quantitative estimate of drug-likeness (QED) is 0.764. The monoisotopic (exact) mass is 180 g/mol. The summed E-state index contributed by atoms with van der Waals surface area (Å²) in [5.41, 5.74) is 7.02. The van der Waals surface area contributed by atoms with Gasteiger partial charge in [-0.05, 0) is 18.1 Å². The first-order chi connectivity index (χ1) is 6.29. The molecule has 0 aromatic carbocycles. The molecule has 0 saturated heterocycles. The van der Waals surface area contributed by atoms with Gasteiger partial charge in [0.1, 0.15) is 0 Å². The van der Waals surface area contributed by atoms with E-state index in [0.29, 0.717) is 0 Å². The van der Waals surface area contributed by atoms with Gasteiger partial charge in [-0.15, -0.1) is 0 Å². The molecule has 0 aliphatic carbocycles. The summed E-state index contributed by atoms with van der Waals surface area (Å²) >= 11 is 0. The molecule has 0 spiro atoms. The summed E-state index contributed by atoms with van der Waals surface area (Å²) in [5, 5.41) is 0. The smallest absolute Gasteiger partial charge is 0.0761 e. The van der Waals surface area contributed by atoms with E-state index >= 15 is 0 Å². The fourth-order valence-electron chi connectivity index (χ4n) is 1.36. The minimum atomic E-state index is -0.0799. The average Bonchev–Trinajstić information content (AvgIpc) is 2.21. The van der Waals surface area contributed by atoms with Gasteiger partial charge < -0.3 is 10.5 Å². The highest BCUT2D eigenvalue weighted by atomic mass is 16.5. The van der Waals surface area contributed by atoms with Crippen molar-refractivity contribution in [2.24, 2.45) is 5.73 Å². The van der Waals surface area contributed by atoms with Crippen molar-refractivity contribution in [1.82, 2.24) is 4.98 Å². The Morgan fingerprint density at radius 2 is 2.38 bits per heavy atom. The summed E-state index contributed by atoms with van der Waals surface area (Å²) < 4.78 is 5.26. The molecule has 0 aliphatic rings. The van der Waals surface area contributed by atoms with Crippen molar-refractivity contribution in [2.75, 3.05) is 7.11 Å². The fourth-order valence-corrected chi connectivity index (χ4v) is 1.36. The largest absolute Gasteiger partial charge is 0.379 e. The number of hydrogen-bond acceptors (Lipinski definition) is 3. The summed E-state index contributed by atoms with van der Waals surface area (Å²) in [6, 6.07) is 3.78. The van der Waals surface area contributed by atoms with Crippen LogP contribution in [0.15, 0.2) is 24.5 Å². The van der Waals surface area contributed by atoms with Crippen molar-refractivity contribution in [3.63, 3.8) is 0 Å². The average molecular weight is 180 g/mol. The molecule has 0 amide bonds. The number of hydrogen-bond donors (Lipinski definition) is 1. The standard InChI is InChI=1S/C10H16N2O/c1-3-9(13-2)10(11)8-5-4-6-12-7-8/h4-7,9-10H,3,11H2,1-2H3. The lowest BCUT2D eigenvalue weighted by Crippen LogP contribution is -2.27. The summed E-state index contributed by atoms with van der Waals surface area (Å²) in [7, 11) is 1.68. The molecule has 0 saturated carbocycles. The fraction of sp³-hybridized carbons (Fsp3) is 0.500. The van der Waals surface area contributed by atoms with Crippen LogP contribution in [0, 0.1) is 0 Å². The maximum absolute atomic E-state index is 6.00. The zero-order valence-electron chi connectivity index (χ0n) is 8.10. The van der Waals surface area contributed by atoms with E-state index < -0.39 is 0 Å². The Morgan fingerprint density at radius 1 is 1.62 bits per heavy atom. The van der Waals surface area contributed by atoms with Gasteiger partial charge in [0.25, 0.3) is 0 Å². The third-order valence-corrected chi connectivity index (χ3v) is 2.17. The van der Waals surface area contributed by atoms with Crippen LogP contribution in [0.2, 0.25) is 0 Å². The molecule has 2 unspecified atom stereocenters. The van der Waals surface area contributed by atoms with Gasteiger partial charge in [-0.2, -0.15) is 0 Å². The topological polar surface area (TPSA) is 48.1 Å². The van der Waals surface area contributed by atoms with Crippen LogP contribution in [-0.2, 0) is 4.74 Å². The third kappa shape index (κ3) is 2.50. The number of ether oxygens (including phenoxy) is 1. The van der Waals surface area contributed by atoms with E-state index in [1.807, 2.05) is 12.1 Å². The van der Waals surface area contributed by atoms with E-state index in [4.69, 9.17) is 10.5 Å². The van der Waals surface area contributed by atoms with E-state index in [0.717, 1.165) is 12.0 Å². The van der Waals surface area contributed by atoms with Gasteiger partial charge in [-0.1, -0.05) is 13.0 Å². The summed E-state index contributed by atoms with van der Waals surface area (Å²) in [4.78, 5) is 4.02. The van der Waals surface area contributed by atoms with Crippen LogP contribution < -0.4 is 5.73 Å². The van der Waals surface area contributed by atoms with Gasteiger partial charge in [-0.25, -0.2) is 0 Å². The van der Waals surface area contributed by atoms with Gasteiger partial charge in [0.2, 0.25) is 0 Å². The molecule has 0 aliphatic heterocycles. The van der Waals surface area contributed by atoms with Crippen molar-refractivity contribution >= 4 is 0 Å². The van der Waals surface area contributed by atoms with Gasteiger partial charge >= 0.3 is 0 Å². The first-order valence-electron chi connectivity index (χ1n) is 4.48. The van der Waals surface area contributed by atoms with Crippen LogP contribution in [0.1, 0.15) is 24.9 Å². The third-order valence-electron chi connectivity index (χ3n) is 2.17. The minimum Gasteiger partial charge on any atom is -0.379 e. The number of nitrogens with two attached hydrogens (primary N) is 1. The van der Waals surface area contributed by atoms with E-state index in [9.17, 15) is 0 Å². The second-order valence-corrected chi connectivity index (χ2v) is 2.99. The van der Waals surface area contributed by atoms with E-state index in [-0.39, 0.29) is 12.1 Å². The molecule has 13 heavy (non-hydrogen) atoms. The van der Waals surface area contributed by atoms with Gasteiger partial charge in [0.05, 0.1) is 12.1 Å². The van der Waals surface area contributed by atoms with Gasteiger partial charge in [-0.3, -0.25) is 4.98 Å². The van der Waals surface area contributed by atoms with Crippen LogP contribution in [0.5, 0.6) is 0 Å². The minimum absolute atomic E-state index is 0.0733. The Bertz CT molecular complexity index is 234. The van der Waals surface area contributed by atoms with Crippen LogP contribution in [-0.4, -0.2) is 18.2 Å². The highest BCUT2D eigenvalue weighted by Gasteiger charge is 2.16. The van der Waals surface area contributed by atoms with Crippen molar-refractivity contribution in [2.45, 2.75) is 25.5 Å². The number of methoxy groups -OCH3 is 1.